The van der Waals surface area contributed by atoms with Crippen molar-refractivity contribution >= 4 is 19.1 Å². The average molecular weight is 423 g/mol. The monoisotopic (exact) mass is 423 g/mol. The molecule has 0 bridgehead atoms. The molecule has 0 spiro atoms. The minimum Gasteiger partial charge on any atom is -0.445 e. The van der Waals surface area contributed by atoms with Crippen molar-refractivity contribution in [1.82, 2.24) is 10.2 Å². The van der Waals surface area contributed by atoms with Gasteiger partial charge in [-0.2, -0.15) is 5.26 Å². The van der Waals surface area contributed by atoms with Gasteiger partial charge in [-0.25, -0.2) is 4.79 Å². The van der Waals surface area contributed by atoms with Crippen molar-refractivity contribution in [2.75, 3.05) is 14.1 Å². The van der Waals surface area contributed by atoms with Crippen molar-refractivity contribution in [3.63, 3.8) is 0 Å². The van der Waals surface area contributed by atoms with Gasteiger partial charge in [0.1, 0.15) is 12.5 Å². The van der Waals surface area contributed by atoms with Crippen LogP contribution in [0.1, 0.15) is 16.7 Å². The second-order valence-electron chi connectivity index (χ2n) is 7.37. The number of benzene rings is 2. The first kappa shape index (κ1) is 23.9. The molecular weight excluding hydrogens is 397 g/mol. The van der Waals surface area contributed by atoms with Crippen LogP contribution in [0.5, 0.6) is 0 Å². The zero-order valence-electron chi connectivity index (χ0n) is 17.6. The van der Waals surface area contributed by atoms with Crippen LogP contribution in [0.25, 0.3) is 0 Å². The molecule has 0 aliphatic rings. The quantitative estimate of drug-likeness (QED) is 0.523. The van der Waals surface area contributed by atoms with Gasteiger partial charge in [0.2, 0.25) is 5.91 Å². The van der Waals surface area contributed by atoms with Gasteiger partial charge >= 0.3 is 13.2 Å². The van der Waals surface area contributed by atoms with Gasteiger partial charge in [0.15, 0.2) is 0 Å². The fraction of sp³-hybridized carbons (Fsp3) is 0.318. The van der Waals surface area contributed by atoms with Gasteiger partial charge < -0.3 is 25.0 Å². The summed E-state index contributed by atoms with van der Waals surface area (Å²) in [5, 5.41) is 30.9. The summed E-state index contributed by atoms with van der Waals surface area (Å²) in [6.45, 7) is -0.0436. The van der Waals surface area contributed by atoms with E-state index in [0.717, 1.165) is 11.1 Å². The molecule has 0 aliphatic heterocycles. The molecule has 2 aromatic rings. The number of nitrogens with zero attached hydrogens (tertiary/aromatic N) is 2. The Balaban J connectivity index is 1.93. The molecule has 2 amide bonds. The minimum absolute atomic E-state index is 0.0436. The van der Waals surface area contributed by atoms with E-state index in [9.17, 15) is 24.9 Å². The molecule has 0 heterocycles. The third-order valence-corrected chi connectivity index (χ3v) is 4.66. The highest BCUT2D eigenvalue weighted by Crippen LogP contribution is 2.14. The second kappa shape index (κ2) is 11.7. The van der Waals surface area contributed by atoms with Crippen LogP contribution in [0, 0.1) is 17.2 Å². The number of alkyl carbamates (subject to hydrolysis) is 1. The standard InChI is InChI=1S/C22H26BN3O5/c1-26(2)21(27)19(14-24)12-17-9-6-10-18(11-17)15-31-22(28)25-20(23(29)30)13-16-7-4-3-5-8-16/h3-11,19-20,29-30H,12-13,15H2,1-2H3,(H,25,28)/t19?,20-/m0/s1. The van der Waals surface area contributed by atoms with E-state index in [1.54, 1.807) is 38.4 Å². The summed E-state index contributed by atoms with van der Waals surface area (Å²) in [5.74, 6) is -1.98. The number of rotatable bonds is 9. The minimum atomic E-state index is -1.74. The molecule has 0 aliphatic carbocycles. The Bertz CT molecular complexity index is 915. The molecule has 0 aromatic heterocycles. The highest BCUT2D eigenvalue weighted by Gasteiger charge is 2.26. The van der Waals surface area contributed by atoms with Gasteiger partial charge in [0.25, 0.3) is 0 Å². The lowest BCUT2D eigenvalue weighted by Gasteiger charge is -2.18. The van der Waals surface area contributed by atoms with Crippen LogP contribution in [0.3, 0.4) is 0 Å². The van der Waals surface area contributed by atoms with Gasteiger partial charge in [0, 0.05) is 14.1 Å². The molecule has 3 N–H and O–H groups in total. The zero-order chi connectivity index (χ0) is 22.8. The number of nitrogens with one attached hydrogen (secondary N) is 1. The van der Waals surface area contributed by atoms with Crippen molar-refractivity contribution in [3.8, 4) is 6.07 Å². The smallest absolute Gasteiger partial charge is 0.445 e. The third kappa shape index (κ3) is 7.77. The van der Waals surface area contributed by atoms with Gasteiger partial charge in [-0.3, -0.25) is 4.79 Å². The van der Waals surface area contributed by atoms with Crippen LogP contribution in [0.4, 0.5) is 4.79 Å². The number of carbonyl (C=O) groups excluding carboxylic acids is 2. The lowest BCUT2D eigenvalue weighted by Crippen LogP contribution is -2.48. The first-order valence-electron chi connectivity index (χ1n) is 9.82. The molecule has 8 nitrogen and oxygen atoms in total. The number of hydrogen-bond acceptors (Lipinski definition) is 6. The van der Waals surface area contributed by atoms with Crippen molar-refractivity contribution in [3.05, 3.63) is 71.3 Å². The Morgan fingerprint density at radius 1 is 1.06 bits per heavy atom. The van der Waals surface area contributed by atoms with E-state index in [1.807, 2.05) is 36.4 Å². The van der Waals surface area contributed by atoms with E-state index in [1.165, 1.54) is 4.90 Å². The summed E-state index contributed by atoms with van der Waals surface area (Å²) >= 11 is 0. The maximum Gasteiger partial charge on any atom is 0.475 e. The van der Waals surface area contributed by atoms with Gasteiger partial charge in [-0.05, 0) is 29.5 Å². The lowest BCUT2D eigenvalue weighted by molar-refractivity contribution is -0.131. The highest BCUT2D eigenvalue weighted by atomic mass is 16.5. The summed E-state index contributed by atoms with van der Waals surface area (Å²) in [6, 6.07) is 18.2. The Hall–Kier alpha value is -3.35. The molecule has 0 radical (unpaired) electrons. The first-order valence-corrected chi connectivity index (χ1v) is 9.82. The van der Waals surface area contributed by atoms with E-state index in [2.05, 4.69) is 5.32 Å². The maximum atomic E-state index is 12.1. The van der Waals surface area contributed by atoms with Crippen LogP contribution < -0.4 is 5.32 Å². The molecule has 2 rings (SSSR count). The number of nitriles is 1. The number of amides is 2. The summed E-state index contributed by atoms with van der Waals surface area (Å²) in [5.41, 5.74) is 2.30. The van der Waals surface area contributed by atoms with Crippen LogP contribution >= 0.6 is 0 Å². The molecule has 0 saturated carbocycles. The van der Waals surface area contributed by atoms with Gasteiger partial charge in [0.05, 0.1) is 12.0 Å². The first-order chi connectivity index (χ1) is 14.8. The number of hydrogen-bond donors (Lipinski definition) is 3. The Morgan fingerprint density at radius 2 is 1.71 bits per heavy atom. The molecular formula is C22H26BN3O5. The summed E-state index contributed by atoms with van der Waals surface area (Å²) in [6.07, 6.45) is -0.292. The molecule has 2 aromatic carbocycles. The van der Waals surface area contributed by atoms with E-state index < -0.39 is 25.1 Å². The van der Waals surface area contributed by atoms with E-state index in [4.69, 9.17) is 4.74 Å². The summed E-state index contributed by atoms with van der Waals surface area (Å²) in [4.78, 5) is 25.6. The molecule has 0 fully saturated rings. The van der Waals surface area contributed by atoms with Gasteiger partial charge in [-0.15, -0.1) is 0 Å². The summed E-state index contributed by atoms with van der Waals surface area (Å²) in [7, 11) is 1.46. The molecule has 1 unspecified atom stereocenters. The number of ether oxygens (including phenoxy) is 1. The van der Waals surface area contributed by atoms with Crippen LogP contribution in [0.15, 0.2) is 54.6 Å². The van der Waals surface area contributed by atoms with Crippen molar-refractivity contribution in [2.24, 2.45) is 5.92 Å². The maximum absolute atomic E-state index is 12.1. The van der Waals surface area contributed by atoms with Crippen LogP contribution in [-0.4, -0.2) is 54.1 Å². The molecule has 31 heavy (non-hydrogen) atoms. The lowest BCUT2D eigenvalue weighted by atomic mass is 9.76. The van der Waals surface area contributed by atoms with Crippen molar-refractivity contribution in [2.45, 2.75) is 25.4 Å². The average Bonchev–Trinajstić information content (AvgIpc) is 2.76. The highest BCUT2D eigenvalue weighted by molar-refractivity contribution is 6.43. The molecule has 9 heteroatoms. The Kier molecular flexibility index (Phi) is 9.06. The molecule has 0 saturated heterocycles. The molecule has 162 valence electrons. The fourth-order valence-electron chi connectivity index (χ4n) is 3.02. The Morgan fingerprint density at radius 3 is 2.32 bits per heavy atom. The van der Waals surface area contributed by atoms with Crippen LogP contribution in [-0.2, 0) is 29.0 Å². The van der Waals surface area contributed by atoms with E-state index in [-0.39, 0.29) is 25.4 Å². The van der Waals surface area contributed by atoms with Crippen molar-refractivity contribution in [1.29, 1.82) is 5.26 Å². The van der Waals surface area contributed by atoms with Gasteiger partial charge in [-0.1, -0.05) is 54.6 Å². The predicted molar refractivity (Wildman–Crippen MR) is 115 cm³/mol. The van der Waals surface area contributed by atoms with E-state index >= 15 is 0 Å². The SMILES string of the molecule is CN(C)C(=O)C(C#N)Cc1cccc(COC(=O)N[C@@H](Cc2ccccc2)B(O)O)c1. The number of carbonyl (C=O) groups is 2. The van der Waals surface area contributed by atoms with Crippen molar-refractivity contribution < 1.29 is 24.4 Å². The largest absolute Gasteiger partial charge is 0.475 e. The molecule has 2 atom stereocenters. The third-order valence-electron chi connectivity index (χ3n) is 4.66. The predicted octanol–water partition coefficient (Wildman–Crippen LogP) is 1.31. The summed E-state index contributed by atoms with van der Waals surface area (Å²) < 4.78 is 5.21. The van der Waals surface area contributed by atoms with E-state index in [0.29, 0.717) is 5.56 Å². The second-order valence-corrected chi connectivity index (χ2v) is 7.37. The topological polar surface area (TPSA) is 123 Å². The van der Waals surface area contributed by atoms with Crippen LogP contribution in [0.2, 0.25) is 0 Å². The normalized spacial score (nSPS) is 12.2. The zero-order valence-corrected chi connectivity index (χ0v) is 17.6. The fourth-order valence-corrected chi connectivity index (χ4v) is 3.02. The Labute approximate surface area is 182 Å².